The maximum Gasteiger partial charge on any atom is 0.253 e. The number of amides is 1. The molecular formula is C22H25N3O2. The van der Waals surface area contributed by atoms with Crippen molar-refractivity contribution in [3.05, 3.63) is 71.5 Å². The Balaban J connectivity index is 1.81. The highest BCUT2D eigenvalue weighted by atomic mass is 16.5. The molecule has 0 aliphatic rings. The van der Waals surface area contributed by atoms with Gasteiger partial charge in [0, 0.05) is 37.0 Å². The molecule has 5 nitrogen and oxygen atoms in total. The summed E-state index contributed by atoms with van der Waals surface area (Å²) in [5, 5.41) is 4.36. The largest absolute Gasteiger partial charge is 0.497 e. The fourth-order valence-electron chi connectivity index (χ4n) is 3.14. The van der Waals surface area contributed by atoms with Crippen LogP contribution in [0.25, 0.3) is 11.1 Å². The van der Waals surface area contributed by atoms with Crippen LogP contribution in [0, 0.1) is 6.92 Å². The van der Waals surface area contributed by atoms with Gasteiger partial charge in [-0.25, -0.2) is 0 Å². The maximum atomic E-state index is 12.9. The van der Waals surface area contributed by atoms with Gasteiger partial charge in [-0.2, -0.15) is 5.10 Å². The third-order valence-electron chi connectivity index (χ3n) is 4.77. The van der Waals surface area contributed by atoms with Crippen LogP contribution in [-0.4, -0.2) is 34.7 Å². The molecule has 27 heavy (non-hydrogen) atoms. The molecule has 0 saturated carbocycles. The molecule has 3 aromatic rings. The number of benzene rings is 2. The van der Waals surface area contributed by atoms with E-state index < -0.39 is 0 Å². The second kappa shape index (κ2) is 8.08. The zero-order valence-corrected chi connectivity index (χ0v) is 16.3. The number of ether oxygens (including phenoxy) is 1. The quantitative estimate of drug-likeness (QED) is 0.661. The van der Waals surface area contributed by atoms with E-state index in [2.05, 4.69) is 12.0 Å². The lowest BCUT2D eigenvalue weighted by molar-refractivity contribution is 0.0785. The molecule has 3 rings (SSSR count). The number of aryl methyl sites for hydroxylation is 1. The smallest absolute Gasteiger partial charge is 0.253 e. The van der Waals surface area contributed by atoms with Gasteiger partial charge in [-0.1, -0.05) is 24.3 Å². The van der Waals surface area contributed by atoms with Crippen LogP contribution >= 0.6 is 0 Å². The number of aromatic nitrogens is 2. The molecule has 140 valence electrons. The minimum absolute atomic E-state index is 0.0107. The molecule has 0 atom stereocenters. The van der Waals surface area contributed by atoms with Gasteiger partial charge in [0.2, 0.25) is 0 Å². The summed E-state index contributed by atoms with van der Waals surface area (Å²) in [6.07, 6.45) is 1.84. The first-order valence-corrected chi connectivity index (χ1v) is 9.04. The zero-order valence-electron chi connectivity index (χ0n) is 16.3. The third kappa shape index (κ3) is 4.03. The first kappa shape index (κ1) is 18.7. The molecule has 0 spiro atoms. The van der Waals surface area contributed by atoms with Crippen LogP contribution in [0.4, 0.5) is 0 Å². The molecule has 2 aromatic carbocycles. The fraction of sp³-hybridized carbons (Fsp3) is 0.273. The summed E-state index contributed by atoms with van der Waals surface area (Å²) >= 11 is 0. The summed E-state index contributed by atoms with van der Waals surface area (Å²) in [7, 11) is 3.47. The lowest BCUT2D eigenvalue weighted by atomic mass is 10.0. The summed E-state index contributed by atoms with van der Waals surface area (Å²) in [4.78, 5) is 14.6. The molecule has 0 bridgehead atoms. The number of methoxy groups -OCH3 is 1. The lowest BCUT2D eigenvalue weighted by Gasteiger charge is -2.17. The molecule has 0 aliphatic heterocycles. The molecule has 5 heteroatoms. The minimum Gasteiger partial charge on any atom is -0.497 e. The van der Waals surface area contributed by atoms with Crippen LogP contribution in [0.2, 0.25) is 0 Å². The second-order valence-electron chi connectivity index (χ2n) is 6.54. The van der Waals surface area contributed by atoms with E-state index in [9.17, 15) is 4.79 Å². The van der Waals surface area contributed by atoms with Crippen LogP contribution < -0.4 is 4.74 Å². The molecule has 0 N–H and O–H groups in total. The lowest BCUT2D eigenvalue weighted by Crippen LogP contribution is -2.26. The van der Waals surface area contributed by atoms with Gasteiger partial charge in [0.15, 0.2) is 0 Å². The third-order valence-corrected chi connectivity index (χ3v) is 4.77. The number of hydrogen-bond acceptors (Lipinski definition) is 3. The highest BCUT2D eigenvalue weighted by molar-refractivity contribution is 5.95. The van der Waals surface area contributed by atoms with Crippen LogP contribution in [-0.2, 0) is 13.1 Å². The van der Waals surface area contributed by atoms with Gasteiger partial charge in [-0.15, -0.1) is 0 Å². The van der Waals surface area contributed by atoms with E-state index in [1.807, 2.05) is 73.4 Å². The molecule has 1 heterocycles. The standard InChI is InChI=1S/C22H25N3O2/c1-5-25-16(2)20(14-23-25)15-24(3)22(26)19-10-6-8-17(12-19)18-9-7-11-21(13-18)27-4/h6-14H,5,15H2,1-4H3. The van der Waals surface area contributed by atoms with Crippen LogP contribution in [0.1, 0.15) is 28.5 Å². The van der Waals surface area contributed by atoms with Crippen molar-refractivity contribution in [3.63, 3.8) is 0 Å². The van der Waals surface area contributed by atoms with E-state index >= 15 is 0 Å². The Hall–Kier alpha value is -3.08. The predicted octanol–water partition coefficient (Wildman–Crippen LogP) is 4.16. The van der Waals surface area contributed by atoms with E-state index in [-0.39, 0.29) is 5.91 Å². The van der Waals surface area contributed by atoms with Gasteiger partial charge >= 0.3 is 0 Å². The number of carbonyl (C=O) groups is 1. The van der Waals surface area contributed by atoms with Gasteiger partial charge in [-0.3, -0.25) is 9.48 Å². The SMILES string of the molecule is CCn1ncc(CN(C)C(=O)c2cccc(-c3cccc(OC)c3)c2)c1C. The summed E-state index contributed by atoms with van der Waals surface area (Å²) in [5.41, 5.74) is 4.84. The summed E-state index contributed by atoms with van der Waals surface area (Å²) < 4.78 is 7.24. The van der Waals surface area contributed by atoms with Crippen LogP contribution in [0.15, 0.2) is 54.7 Å². The van der Waals surface area contributed by atoms with E-state index in [0.717, 1.165) is 34.7 Å². The average molecular weight is 363 g/mol. The number of hydrogen-bond donors (Lipinski definition) is 0. The fourth-order valence-corrected chi connectivity index (χ4v) is 3.14. The Kier molecular flexibility index (Phi) is 5.60. The predicted molar refractivity (Wildman–Crippen MR) is 107 cm³/mol. The van der Waals surface area contributed by atoms with Gasteiger partial charge in [-0.05, 0) is 49.2 Å². The van der Waals surface area contributed by atoms with Crippen molar-refractivity contribution in [3.8, 4) is 16.9 Å². The Labute approximate surface area is 160 Å². The molecule has 1 aromatic heterocycles. The summed E-state index contributed by atoms with van der Waals surface area (Å²) in [5.74, 6) is 0.785. The Morgan fingerprint density at radius 3 is 2.52 bits per heavy atom. The highest BCUT2D eigenvalue weighted by Gasteiger charge is 2.15. The first-order valence-electron chi connectivity index (χ1n) is 9.04. The maximum absolute atomic E-state index is 12.9. The molecule has 0 unspecified atom stereocenters. The van der Waals surface area contributed by atoms with Crippen molar-refractivity contribution in [2.75, 3.05) is 14.2 Å². The number of carbonyl (C=O) groups excluding carboxylic acids is 1. The molecule has 0 fully saturated rings. The molecule has 0 saturated heterocycles. The van der Waals surface area contributed by atoms with E-state index in [0.29, 0.717) is 12.1 Å². The molecule has 0 radical (unpaired) electrons. The number of nitrogens with zero attached hydrogens (tertiary/aromatic N) is 3. The monoisotopic (exact) mass is 363 g/mol. The van der Waals surface area contributed by atoms with Gasteiger partial charge in [0.25, 0.3) is 5.91 Å². The molecule has 0 aliphatic carbocycles. The molecule has 1 amide bonds. The zero-order chi connectivity index (χ0) is 19.4. The van der Waals surface area contributed by atoms with Crippen molar-refractivity contribution >= 4 is 5.91 Å². The van der Waals surface area contributed by atoms with E-state index in [1.54, 1.807) is 12.0 Å². The topological polar surface area (TPSA) is 47.4 Å². The van der Waals surface area contributed by atoms with E-state index in [4.69, 9.17) is 4.74 Å². The van der Waals surface area contributed by atoms with E-state index in [1.165, 1.54) is 0 Å². The van der Waals surface area contributed by atoms with Gasteiger partial charge < -0.3 is 9.64 Å². The van der Waals surface area contributed by atoms with Gasteiger partial charge in [0.05, 0.1) is 13.3 Å². The minimum atomic E-state index is -0.0107. The highest BCUT2D eigenvalue weighted by Crippen LogP contribution is 2.25. The Morgan fingerprint density at radius 2 is 1.85 bits per heavy atom. The van der Waals surface area contributed by atoms with Crippen molar-refractivity contribution in [2.24, 2.45) is 0 Å². The number of rotatable bonds is 6. The average Bonchev–Trinajstić information content (AvgIpc) is 3.06. The Bertz CT molecular complexity index is 946. The summed E-state index contributed by atoms with van der Waals surface area (Å²) in [6, 6.07) is 15.5. The Morgan fingerprint density at radius 1 is 1.15 bits per heavy atom. The summed E-state index contributed by atoms with van der Waals surface area (Å²) in [6.45, 7) is 5.45. The van der Waals surface area contributed by atoms with Crippen molar-refractivity contribution in [2.45, 2.75) is 26.9 Å². The van der Waals surface area contributed by atoms with Crippen molar-refractivity contribution < 1.29 is 9.53 Å². The first-order chi connectivity index (χ1) is 13.0. The second-order valence-corrected chi connectivity index (χ2v) is 6.54. The van der Waals surface area contributed by atoms with Crippen LogP contribution in [0.5, 0.6) is 5.75 Å². The normalized spacial score (nSPS) is 10.7. The van der Waals surface area contributed by atoms with Crippen molar-refractivity contribution in [1.29, 1.82) is 0 Å². The van der Waals surface area contributed by atoms with Gasteiger partial charge in [0.1, 0.15) is 5.75 Å². The molecular weight excluding hydrogens is 338 g/mol. The van der Waals surface area contributed by atoms with Crippen molar-refractivity contribution in [1.82, 2.24) is 14.7 Å². The van der Waals surface area contributed by atoms with Crippen LogP contribution in [0.3, 0.4) is 0 Å².